The molecular formula is C12H18N2OS. The molecule has 0 heterocycles. The maximum Gasteiger partial charge on any atom is 0.170 e. The summed E-state index contributed by atoms with van der Waals surface area (Å²) in [5.41, 5.74) is 0.888. The largest absolute Gasteiger partial charge is 0.495 e. The van der Waals surface area contributed by atoms with E-state index in [1.807, 2.05) is 24.3 Å². The number of nitrogens with one attached hydrogen (secondary N) is 2. The third kappa shape index (κ3) is 4.06. The van der Waals surface area contributed by atoms with Crippen molar-refractivity contribution in [3.8, 4) is 5.75 Å². The molecule has 0 saturated heterocycles. The van der Waals surface area contributed by atoms with Crippen molar-refractivity contribution >= 4 is 23.0 Å². The maximum absolute atomic E-state index is 5.22. The van der Waals surface area contributed by atoms with Gasteiger partial charge in [-0.05, 0) is 30.8 Å². The first kappa shape index (κ1) is 12.8. The van der Waals surface area contributed by atoms with E-state index in [9.17, 15) is 0 Å². The van der Waals surface area contributed by atoms with Crippen molar-refractivity contribution in [1.82, 2.24) is 5.32 Å². The Hall–Kier alpha value is -1.29. The first-order chi connectivity index (χ1) is 7.77. The molecular weight excluding hydrogens is 220 g/mol. The lowest BCUT2D eigenvalue weighted by molar-refractivity contribution is 0.417. The molecule has 0 radical (unpaired) electrons. The average Bonchev–Trinajstić information content (AvgIpc) is 2.30. The van der Waals surface area contributed by atoms with Gasteiger partial charge in [-0.15, -0.1) is 0 Å². The second kappa shape index (κ2) is 7.06. The molecule has 16 heavy (non-hydrogen) atoms. The van der Waals surface area contributed by atoms with Gasteiger partial charge in [0.05, 0.1) is 12.8 Å². The van der Waals surface area contributed by atoms with Crippen LogP contribution in [0, 0.1) is 0 Å². The second-order valence-electron chi connectivity index (χ2n) is 3.43. The summed E-state index contributed by atoms with van der Waals surface area (Å²) in [6.07, 6.45) is 2.28. The van der Waals surface area contributed by atoms with Crippen LogP contribution in [0.25, 0.3) is 0 Å². The van der Waals surface area contributed by atoms with Crippen molar-refractivity contribution in [3.05, 3.63) is 24.3 Å². The van der Waals surface area contributed by atoms with Crippen LogP contribution in [0.4, 0.5) is 5.69 Å². The standard InChI is InChI=1S/C12H18N2OS/c1-3-4-9-13-12(16)14-10-7-5-6-8-11(10)15-2/h5-8H,3-4,9H2,1-2H3,(H2,13,14,16). The minimum absolute atomic E-state index is 0.637. The van der Waals surface area contributed by atoms with Gasteiger partial charge in [0.2, 0.25) is 0 Å². The normalized spacial score (nSPS) is 9.62. The Bertz CT molecular complexity index is 342. The van der Waals surface area contributed by atoms with E-state index in [-0.39, 0.29) is 0 Å². The molecule has 1 aromatic carbocycles. The van der Waals surface area contributed by atoms with Gasteiger partial charge in [0, 0.05) is 6.54 Å². The van der Waals surface area contributed by atoms with E-state index in [1.165, 1.54) is 0 Å². The fraction of sp³-hybridized carbons (Fsp3) is 0.417. The molecule has 0 aliphatic rings. The number of rotatable bonds is 5. The molecule has 0 aliphatic heterocycles. The summed E-state index contributed by atoms with van der Waals surface area (Å²) in [6.45, 7) is 3.05. The topological polar surface area (TPSA) is 33.3 Å². The van der Waals surface area contributed by atoms with E-state index in [2.05, 4.69) is 17.6 Å². The Labute approximate surface area is 102 Å². The second-order valence-corrected chi connectivity index (χ2v) is 3.84. The van der Waals surface area contributed by atoms with Crippen molar-refractivity contribution in [2.24, 2.45) is 0 Å². The van der Waals surface area contributed by atoms with E-state index in [4.69, 9.17) is 17.0 Å². The minimum Gasteiger partial charge on any atom is -0.495 e. The summed E-state index contributed by atoms with van der Waals surface area (Å²) in [5.74, 6) is 0.794. The molecule has 1 aromatic rings. The highest BCUT2D eigenvalue weighted by molar-refractivity contribution is 7.80. The van der Waals surface area contributed by atoms with Crippen LogP contribution in [-0.4, -0.2) is 18.8 Å². The van der Waals surface area contributed by atoms with Crippen LogP contribution >= 0.6 is 12.2 Å². The lowest BCUT2D eigenvalue weighted by Gasteiger charge is -2.12. The summed E-state index contributed by atoms with van der Waals surface area (Å²) in [7, 11) is 1.65. The quantitative estimate of drug-likeness (QED) is 0.610. The summed E-state index contributed by atoms with van der Waals surface area (Å²) < 4.78 is 5.22. The van der Waals surface area contributed by atoms with E-state index < -0.39 is 0 Å². The zero-order valence-electron chi connectivity index (χ0n) is 9.75. The zero-order chi connectivity index (χ0) is 11.8. The molecule has 0 amide bonds. The van der Waals surface area contributed by atoms with Crippen LogP contribution in [0.2, 0.25) is 0 Å². The molecule has 0 bridgehead atoms. The SMILES string of the molecule is CCCCNC(=S)Nc1ccccc1OC. The van der Waals surface area contributed by atoms with Crippen molar-refractivity contribution in [2.75, 3.05) is 19.0 Å². The molecule has 0 saturated carbocycles. The van der Waals surface area contributed by atoms with Gasteiger partial charge in [-0.1, -0.05) is 25.5 Å². The molecule has 0 unspecified atom stereocenters. The van der Waals surface area contributed by atoms with Gasteiger partial charge in [-0.3, -0.25) is 0 Å². The van der Waals surface area contributed by atoms with Crippen LogP contribution in [0.3, 0.4) is 0 Å². The Morgan fingerprint density at radius 3 is 2.81 bits per heavy atom. The van der Waals surface area contributed by atoms with Crippen molar-refractivity contribution in [2.45, 2.75) is 19.8 Å². The number of benzene rings is 1. The van der Waals surface area contributed by atoms with Crippen molar-refractivity contribution in [1.29, 1.82) is 0 Å². The fourth-order valence-electron chi connectivity index (χ4n) is 1.29. The Kier molecular flexibility index (Phi) is 5.64. The summed E-state index contributed by atoms with van der Waals surface area (Å²) in [6, 6.07) is 7.71. The summed E-state index contributed by atoms with van der Waals surface area (Å²) in [4.78, 5) is 0. The molecule has 0 fully saturated rings. The minimum atomic E-state index is 0.637. The highest BCUT2D eigenvalue weighted by atomic mass is 32.1. The summed E-state index contributed by atoms with van der Waals surface area (Å²) in [5, 5.41) is 6.90. The third-order valence-electron chi connectivity index (χ3n) is 2.17. The van der Waals surface area contributed by atoms with Gasteiger partial charge in [-0.25, -0.2) is 0 Å². The van der Waals surface area contributed by atoms with Crippen LogP contribution in [0.5, 0.6) is 5.75 Å². The Balaban J connectivity index is 2.49. The molecule has 3 nitrogen and oxygen atoms in total. The number of unbranched alkanes of at least 4 members (excludes halogenated alkanes) is 1. The molecule has 4 heteroatoms. The van der Waals surface area contributed by atoms with Crippen LogP contribution in [0.15, 0.2) is 24.3 Å². The van der Waals surface area contributed by atoms with Crippen LogP contribution in [0.1, 0.15) is 19.8 Å². The van der Waals surface area contributed by atoms with Crippen LogP contribution in [-0.2, 0) is 0 Å². The number of thiocarbonyl (C=S) groups is 1. The van der Waals surface area contributed by atoms with Gasteiger partial charge >= 0.3 is 0 Å². The van der Waals surface area contributed by atoms with Gasteiger partial charge in [0.25, 0.3) is 0 Å². The zero-order valence-corrected chi connectivity index (χ0v) is 10.6. The van der Waals surface area contributed by atoms with E-state index in [1.54, 1.807) is 7.11 Å². The Morgan fingerprint density at radius 2 is 2.12 bits per heavy atom. The number of anilines is 1. The maximum atomic E-state index is 5.22. The predicted molar refractivity (Wildman–Crippen MR) is 72.1 cm³/mol. The average molecular weight is 238 g/mol. The first-order valence-electron chi connectivity index (χ1n) is 5.45. The molecule has 2 N–H and O–H groups in total. The van der Waals surface area contributed by atoms with E-state index in [0.29, 0.717) is 5.11 Å². The number of para-hydroxylation sites is 2. The van der Waals surface area contributed by atoms with Gasteiger partial charge in [0.1, 0.15) is 5.75 Å². The Morgan fingerprint density at radius 1 is 1.38 bits per heavy atom. The predicted octanol–water partition coefficient (Wildman–Crippen LogP) is 2.78. The molecule has 0 atom stereocenters. The van der Waals surface area contributed by atoms with E-state index in [0.717, 1.165) is 30.8 Å². The van der Waals surface area contributed by atoms with E-state index >= 15 is 0 Å². The lowest BCUT2D eigenvalue weighted by Crippen LogP contribution is -2.29. The highest BCUT2D eigenvalue weighted by Crippen LogP contribution is 2.22. The van der Waals surface area contributed by atoms with Gasteiger partial charge < -0.3 is 15.4 Å². The molecule has 88 valence electrons. The third-order valence-corrected chi connectivity index (χ3v) is 2.42. The number of hydrogen-bond donors (Lipinski definition) is 2. The number of ether oxygens (including phenoxy) is 1. The van der Waals surface area contributed by atoms with Crippen molar-refractivity contribution < 1.29 is 4.74 Å². The fourth-order valence-corrected chi connectivity index (χ4v) is 1.51. The molecule has 0 aromatic heterocycles. The molecule has 0 spiro atoms. The lowest BCUT2D eigenvalue weighted by atomic mass is 10.3. The number of hydrogen-bond acceptors (Lipinski definition) is 2. The monoisotopic (exact) mass is 238 g/mol. The van der Waals surface area contributed by atoms with Gasteiger partial charge in [0.15, 0.2) is 5.11 Å². The molecule has 0 aliphatic carbocycles. The first-order valence-corrected chi connectivity index (χ1v) is 5.86. The van der Waals surface area contributed by atoms with Gasteiger partial charge in [-0.2, -0.15) is 0 Å². The summed E-state index contributed by atoms with van der Waals surface area (Å²) >= 11 is 5.18. The van der Waals surface area contributed by atoms with Crippen molar-refractivity contribution in [3.63, 3.8) is 0 Å². The smallest absolute Gasteiger partial charge is 0.170 e. The highest BCUT2D eigenvalue weighted by Gasteiger charge is 2.02. The van der Waals surface area contributed by atoms with Crippen LogP contribution < -0.4 is 15.4 Å². The molecule has 1 rings (SSSR count). The number of methoxy groups -OCH3 is 1.